The summed E-state index contributed by atoms with van der Waals surface area (Å²) in [6.45, 7) is 0. The van der Waals surface area contributed by atoms with E-state index in [-0.39, 0.29) is 11.5 Å². The molecule has 108 valence electrons. The van der Waals surface area contributed by atoms with Crippen LogP contribution in [0.4, 0.5) is 0 Å². The van der Waals surface area contributed by atoms with E-state index in [1.165, 1.54) is 19.3 Å². The van der Waals surface area contributed by atoms with Gasteiger partial charge in [-0.1, -0.05) is 24.3 Å². The molecule has 2 rings (SSSR count). The number of phenols is 1. The number of benzene rings is 2. The van der Waals surface area contributed by atoms with Crippen LogP contribution in [0.5, 0.6) is 17.2 Å². The number of aromatic hydroxyl groups is 1. The van der Waals surface area contributed by atoms with Crippen LogP contribution in [0, 0.1) is 0 Å². The molecule has 0 aromatic heterocycles. The lowest BCUT2D eigenvalue weighted by molar-refractivity contribution is 0.104. The number of carbonyl (C=O) groups is 1. The Labute approximate surface area is 123 Å². The molecule has 2 aromatic rings. The molecule has 2 aromatic carbocycles. The summed E-state index contributed by atoms with van der Waals surface area (Å²) in [5, 5.41) is 9.52. The van der Waals surface area contributed by atoms with Crippen molar-refractivity contribution in [3.63, 3.8) is 0 Å². The highest BCUT2D eigenvalue weighted by molar-refractivity contribution is 6.07. The Bertz CT molecular complexity index is 674. The van der Waals surface area contributed by atoms with Crippen molar-refractivity contribution < 1.29 is 19.4 Å². The molecule has 0 amide bonds. The number of phenolic OH excluding ortho intramolecular Hbond substituents is 1. The van der Waals surface area contributed by atoms with Crippen molar-refractivity contribution in [3.8, 4) is 17.2 Å². The highest BCUT2D eigenvalue weighted by Gasteiger charge is 2.04. The van der Waals surface area contributed by atoms with Crippen LogP contribution in [0.25, 0.3) is 6.08 Å². The summed E-state index contributed by atoms with van der Waals surface area (Å²) >= 11 is 0. The summed E-state index contributed by atoms with van der Waals surface area (Å²) in [4.78, 5) is 12.1. The molecular weight excluding hydrogens is 268 g/mol. The minimum atomic E-state index is -0.124. The molecule has 0 spiro atoms. The lowest BCUT2D eigenvalue weighted by Crippen LogP contribution is -1.95. The lowest BCUT2D eigenvalue weighted by atomic mass is 10.1. The highest BCUT2D eigenvalue weighted by Crippen LogP contribution is 2.26. The fourth-order valence-electron chi connectivity index (χ4n) is 1.84. The molecule has 0 bridgehead atoms. The largest absolute Gasteiger partial charge is 0.504 e. The van der Waals surface area contributed by atoms with Gasteiger partial charge in [-0.3, -0.25) is 4.79 Å². The molecule has 0 unspecified atom stereocenters. The molecule has 0 heterocycles. The number of carbonyl (C=O) groups excluding carboxylic acids is 1. The van der Waals surface area contributed by atoms with Gasteiger partial charge in [-0.25, -0.2) is 0 Å². The van der Waals surface area contributed by atoms with E-state index in [0.717, 1.165) is 5.56 Å². The molecule has 0 aliphatic rings. The Kier molecular flexibility index (Phi) is 4.61. The smallest absolute Gasteiger partial charge is 0.185 e. The Morgan fingerprint density at radius 1 is 1.10 bits per heavy atom. The normalized spacial score (nSPS) is 10.6. The first-order chi connectivity index (χ1) is 10.1. The van der Waals surface area contributed by atoms with E-state index in [1.807, 2.05) is 0 Å². The SMILES string of the molecule is COc1cccc(C(=O)C=Cc2ccc(O)c(OC)c2)c1. The van der Waals surface area contributed by atoms with Crippen LogP contribution >= 0.6 is 0 Å². The fraction of sp³-hybridized carbons (Fsp3) is 0.118. The van der Waals surface area contributed by atoms with E-state index in [9.17, 15) is 9.90 Å². The molecule has 0 fully saturated rings. The molecule has 1 N–H and O–H groups in total. The zero-order valence-electron chi connectivity index (χ0n) is 11.9. The van der Waals surface area contributed by atoms with Crippen molar-refractivity contribution >= 4 is 11.9 Å². The molecule has 4 heteroatoms. The fourth-order valence-corrected chi connectivity index (χ4v) is 1.84. The van der Waals surface area contributed by atoms with Gasteiger partial charge in [-0.05, 0) is 35.9 Å². The van der Waals surface area contributed by atoms with Gasteiger partial charge < -0.3 is 14.6 Å². The van der Waals surface area contributed by atoms with E-state index in [4.69, 9.17) is 9.47 Å². The number of methoxy groups -OCH3 is 2. The number of hydrogen-bond acceptors (Lipinski definition) is 4. The summed E-state index contributed by atoms with van der Waals surface area (Å²) in [5.74, 6) is 0.946. The Balaban J connectivity index is 2.18. The van der Waals surface area contributed by atoms with E-state index >= 15 is 0 Å². The Morgan fingerprint density at radius 3 is 2.62 bits per heavy atom. The number of ether oxygens (including phenoxy) is 2. The summed E-state index contributed by atoms with van der Waals surface area (Å²) in [5.41, 5.74) is 1.32. The molecule has 0 aliphatic carbocycles. The van der Waals surface area contributed by atoms with Crippen molar-refractivity contribution in [2.45, 2.75) is 0 Å². The minimum absolute atomic E-state index is 0.0637. The zero-order chi connectivity index (χ0) is 15.2. The summed E-state index contributed by atoms with van der Waals surface area (Å²) in [6.07, 6.45) is 3.14. The number of hydrogen-bond donors (Lipinski definition) is 1. The van der Waals surface area contributed by atoms with Gasteiger partial charge in [0.25, 0.3) is 0 Å². The molecule has 0 saturated carbocycles. The van der Waals surface area contributed by atoms with Crippen LogP contribution in [0.2, 0.25) is 0 Å². The lowest BCUT2D eigenvalue weighted by Gasteiger charge is -2.04. The number of ketones is 1. The molecule has 0 atom stereocenters. The van der Waals surface area contributed by atoms with E-state index in [0.29, 0.717) is 17.1 Å². The van der Waals surface area contributed by atoms with E-state index in [1.54, 1.807) is 49.6 Å². The van der Waals surface area contributed by atoms with Gasteiger partial charge in [0.05, 0.1) is 14.2 Å². The second-order valence-corrected chi connectivity index (χ2v) is 4.36. The molecular formula is C17H16O4. The minimum Gasteiger partial charge on any atom is -0.504 e. The average Bonchev–Trinajstić information content (AvgIpc) is 2.53. The second kappa shape index (κ2) is 6.61. The number of rotatable bonds is 5. The molecule has 0 radical (unpaired) electrons. The predicted molar refractivity (Wildman–Crippen MR) is 81.0 cm³/mol. The zero-order valence-corrected chi connectivity index (χ0v) is 11.9. The highest BCUT2D eigenvalue weighted by atomic mass is 16.5. The van der Waals surface area contributed by atoms with Crippen molar-refractivity contribution in [3.05, 3.63) is 59.7 Å². The molecule has 21 heavy (non-hydrogen) atoms. The summed E-state index contributed by atoms with van der Waals surface area (Å²) in [7, 11) is 3.03. The summed E-state index contributed by atoms with van der Waals surface area (Å²) in [6, 6.07) is 11.8. The maximum absolute atomic E-state index is 12.1. The molecule has 0 aliphatic heterocycles. The monoisotopic (exact) mass is 284 g/mol. The first-order valence-corrected chi connectivity index (χ1v) is 6.37. The average molecular weight is 284 g/mol. The van der Waals surface area contributed by atoms with Gasteiger partial charge in [-0.2, -0.15) is 0 Å². The van der Waals surface area contributed by atoms with E-state index in [2.05, 4.69) is 0 Å². The quantitative estimate of drug-likeness (QED) is 0.676. The molecule has 4 nitrogen and oxygen atoms in total. The van der Waals surface area contributed by atoms with Gasteiger partial charge in [0, 0.05) is 5.56 Å². The van der Waals surface area contributed by atoms with Crippen molar-refractivity contribution in [1.82, 2.24) is 0 Å². The van der Waals surface area contributed by atoms with Gasteiger partial charge in [0.1, 0.15) is 5.75 Å². The van der Waals surface area contributed by atoms with E-state index < -0.39 is 0 Å². The first kappa shape index (κ1) is 14.7. The third-order valence-corrected chi connectivity index (χ3v) is 2.99. The van der Waals surface area contributed by atoms with Gasteiger partial charge >= 0.3 is 0 Å². The Hall–Kier alpha value is -2.75. The standard InChI is InChI=1S/C17H16O4/c1-20-14-5-3-4-13(11-14)15(18)8-6-12-7-9-16(19)17(10-12)21-2/h3-11,19H,1-2H3. The summed E-state index contributed by atoms with van der Waals surface area (Å²) < 4.78 is 10.1. The molecule has 0 saturated heterocycles. The van der Waals surface area contributed by atoms with Crippen molar-refractivity contribution in [2.24, 2.45) is 0 Å². The van der Waals surface area contributed by atoms with Crippen LogP contribution in [0.1, 0.15) is 15.9 Å². The third kappa shape index (κ3) is 3.63. The van der Waals surface area contributed by atoms with Crippen LogP contribution in [-0.2, 0) is 0 Å². The predicted octanol–water partition coefficient (Wildman–Crippen LogP) is 3.31. The third-order valence-electron chi connectivity index (χ3n) is 2.99. The maximum atomic E-state index is 12.1. The van der Waals surface area contributed by atoms with Crippen LogP contribution in [0.15, 0.2) is 48.5 Å². The Morgan fingerprint density at radius 2 is 1.90 bits per heavy atom. The van der Waals surface area contributed by atoms with Crippen LogP contribution < -0.4 is 9.47 Å². The van der Waals surface area contributed by atoms with Crippen molar-refractivity contribution in [2.75, 3.05) is 14.2 Å². The topological polar surface area (TPSA) is 55.8 Å². The second-order valence-electron chi connectivity index (χ2n) is 4.36. The number of allylic oxidation sites excluding steroid dienone is 1. The van der Waals surface area contributed by atoms with Gasteiger partial charge in [0.15, 0.2) is 17.3 Å². The van der Waals surface area contributed by atoms with Crippen molar-refractivity contribution in [1.29, 1.82) is 0 Å². The maximum Gasteiger partial charge on any atom is 0.185 e. The van der Waals surface area contributed by atoms with Crippen LogP contribution in [-0.4, -0.2) is 25.1 Å². The van der Waals surface area contributed by atoms with Crippen LogP contribution in [0.3, 0.4) is 0 Å². The first-order valence-electron chi connectivity index (χ1n) is 6.37. The van der Waals surface area contributed by atoms with Gasteiger partial charge in [0.2, 0.25) is 0 Å². The van der Waals surface area contributed by atoms with Gasteiger partial charge in [-0.15, -0.1) is 0 Å².